The van der Waals surface area contributed by atoms with E-state index in [-0.39, 0.29) is 60.3 Å². The first kappa shape index (κ1) is 53.2. The predicted molar refractivity (Wildman–Crippen MR) is 242 cm³/mol. The van der Waals surface area contributed by atoms with Gasteiger partial charge >= 0.3 is 0 Å². The van der Waals surface area contributed by atoms with E-state index in [9.17, 15) is 66.0 Å². The molecule has 0 saturated heterocycles. The largest absolute Gasteiger partial charge is 0.506 e. The SMILES string of the molecule is C=CS(=O)(=O)CCOCCNc1nc(NCCS(=O)(=O)O)nc(Nc2ccc3c(O)c(N=Nc4cc(OC)c(OC)cc4N=Nc4cc(S(=O)(=O)O)ccc4O)c(S(=O)(=O)O)cc3c2S(=O)(=O)O)n1. The number of methoxy groups -OCH3 is 2. The number of aromatic hydroxyl groups is 2. The maximum Gasteiger partial charge on any atom is 0.297 e. The number of phenols is 2. The second-order valence-corrected chi connectivity index (χ2v) is 21.3. The number of anilines is 4. The van der Waals surface area contributed by atoms with Crippen LogP contribution in [0.5, 0.6) is 23.0 Å². The maximum absolute atomic E-state index is 13.1. The number of ether oxygens (including phenoxy) is 3. The molecule has 1 aromatic heterocycles. The van der Waals surface area contributed by atoms with Gasteiger partial charge in [-0.15, -0.1) is 20.5 Å². The molecule has 0 atom stereocenters. The summed E-state index contributed by atoms with van der Waals surface area (Å²) < 4.78 is 177. The van der Waals surface area contributed by atoms with Gasteiger partial charge in [0.15, 0.2) is 27.1 Å². The number of rotatable bonds is 23. The van der Waals surface area contributed by atoms with E-state index in [1.54, 1.807) is 0 Å². The normalized spacial score (nSPS) is 12.7. The van der Waals surface area contributed by atoms with Crippen LogP contribution in [-0.2, 0) is 55.0 Å². The molecule has 0 amide bonds. The van der Waals surface area contributed by atoms with Crippen LogP contribution in [0.15, 0.2) is 95.7 Å². The summed E-state index contributed by atoms with van der Waals surface area (Å²) in [6.07, 6.45) is 0. The van der Waals surface area contributed by atoms with Crippen molar-refractivity contribution in [3.63, 3.8) is 0 Å². The first-order valence-corrected chi connectivity index (χ1v) is 26.3. The van der Waals surface area contributed by atoms with E-state index in [4.69, 9.17) is 18.8 Å². The Balaban J connectivity index is 1.60. The van der Waals surface area contributed by atoms with Crippen molar-refractivity contribution in [3.05, 3.63) is 60.5 Å². The first-order valence-electron chi connectivity index (χ1n) is 18.7. The Hall–Kier alpha value is -6.76. The molecule has 5 rings (SSSR count). The average Bonchev–Trinajstić information content (AvgIpc) is 3.25. The molecule has 372 valence electrons. The number of hydrogen-bond acceptors (Lipinski definition) is 25. The Labute approximate surface area is 392 Å². The van der Waals surface area contributed by atoms with Crippen LogP contribution in [-0.4, -0.2) is 137 Å². The van der Waals surface area contributed by atoms with Crippen LogP contribution in [0.2, 0.25) is 0 Å². The number of aromatic nitrogens is 3. The van der Waals surface area contributed by atoms with Gasteiger partial charge in [0.25, 0.3) is 40.5 Å². The maximum atomic E-state index is 13.1. The third-order valence-corrected chi connectivity index (χ3v) is 13.4. The fourth-order valence-electron chi connectivity index (χ4n) is 5.63. The number of hydrogen-bond donors (Lipinski definition) is 9. The van der Waals surface area contributed by atoms with Crippen molar-refractivity contribution >= 4 is 107 Å². The van der Waals surface area contributed by atoms with E-state index < -0.39 is 123 Å². The van der Waals surface area contributed by atoms with E-state index in [1.165, 1.54) is 20.3 Å². The topological polar surface area (TPSA) is 444 Å². The van der Waals surface area contributed by atoms with Crippen molar-refractivity contribution in [2.75, 3.05) is 68.0 Å². The first-order chi connectivity index (χ1) is 32.1. The smallest absolute Gasteiger partial charge is 0.297 e. The fraction of sp³-hybridized carbons (Fsp3) is 0.229. The van der Waals surface area contributed by atoms with Gasteiger partial charge in [-0.25, -0.2) is 8.42 Å². The summed E-state index contributed by atoms with van der Waals surface area (Å²) >= 11 is 0. The van der Waals surface area contributed by atoms with Crippen molar-refractivity contribution in [3.8, 4) is 23.0 Å². The lowest BCUT2D eigenvalue weighted by molar-refractivity contribution is 0.159. The van der Waals surface area contributed by atoms with Crippen molar-refractivity contribution in [1.29, 1.82) is 0 Å². The highest BCUT2D eigenvalue weighted by Crippen LogP contribution is 2.47. The Morgan fingerprint density at radius 3 is 1.77 bits per heavy atom. The molecule has 9 N–H and O–H groups in total. The van der Waals surface area contributed by atoms with Gasteiger partial charge in [-0.3, -0.25) is 18.2 Å². The summed E-state index contributed by atoms with van der Waals surface area (Å²) in [4.78, 5) is 9.13. The minimum atomic E-state index is -5.49. The molecular formula is C35H38N10O19S5. The number of azo groups is 2. The van der Waals surface area contributed by atoms with Crippen LogP contribution in [0.25, 0.3) is 10.8 Å². The molecule has 69 heavy (non-hydrogen) atoms. The minimum Gasteiger partial charge on any atom is -0.506 e. The van der Waals surface area contributed by atoms with Gasteiger partial charge in [0.1, 0.15) is 38.3 Å². The molecule has 0 unspecified atom stereocenters. The van der Waals surface area contributed by atoms with Crippen molar-refractivity contribution in [2.24, 2.45) is 20.5 Å². The van der Waals surface area contributed by atoms with Gasteiger partial charge in [-0.2, -0.15) is 48.6 Å². The van der Waals surface area contributed by atoms with Gasteiger partial charge in [0, 0.05) is 41.4 Å². The van der Waals surface area contributed by atoms with Crippen LogP contribution in [0.4, 0.5) is 46.3 Å². The minimum absolute atomic E-state index is 0.00576. The quantitative estimate of drug-likeness (QED) is 0.0253. The molecule has 1 heterocycles. The van der Waals surface area contributed by atoms with Crippen LogP contribution in [0.3, 0.4) is 0 Å². The number of fused-ring (bicyclic) bond motifs is 1. The third kappa shape index (κ3) is 14.2. The highest BCUT2D eigenvalue weighted by molar-refractivity contribution is 7.94. The Morgan fingerprint density at radius 2 is 1.22 bits per heavy atom. The Morgan fingerprint density at radius 1 is 0.638 bits per heavy atom. The number of sulfone groups is 1. The number of nitrogens with one attached hydrogen (secondary N) is 3. The second kappa shape index (κ2) is 21.3. The van der Waals surface area contributed by atoms with Gasteiger partial charge in [-0.05, 0) is 36.4 Å². The molecule has 0 radical (unpaired) electrons. The van der Waals surface area contributed by atoms with Gasteiger partial charge in [-0.1, -0.05) is 6.58 Å². The summed E-state index contributed by atoms with van der Waals surface area (Å²) in [5.41, 5.74) is -2.67. The monoisotopic (exact) mass is 1060 g/mol. The zero-order valence-electron chi connectivity index (χ0n) is 35.3. The van der Waals surface area contributed by atoms with E-state index in [1.807, 2.05) is 0 Å². The summed E-state index contributed by atoms with van der Waals surface area (Å²) in [6, 6.07) is 7.37. The molecule has 0 aliphatic carbocycles. The van der Waals surface area contributed by atoms with Crippen LogP contribution >= 0.6 is 0 Å². The van der Waals surface area contributed by atoms with Gasteiger partial charge in [0.2, 0.25) is 17.8 Å². The second-order valence-electron chi connectivity index (χ2n) is 13.5. The zero-order valence-corrected chi connectivity index (χ0v) is 39.4. The molecular weight excluding hydrogens is 1020 g/mol. The third-order valence-electron chi connectivity index (χ3n) is 8.79. The van der Waals surface area contributed by atoms with Crippen LogP contribution < -0.4 is 25.4 Å². The van der Waals surface area contributed by atoms with E-state index in [2.05, 4.69) is 57.9 Å². The summed E-state index contributed by atoms with van der Waals surface area (Å²) in [7, 11) is -21.3. The van der Waals surface area contributed by atoms with Crippen molar-refractivity contribution in [2.45, 2.75) is 14.7 Å². The van der Waals surface area contributed by atoms with Crippen LogP contribution in [0, 0.1) is 0 Å². The zero-order chi connectivity index (χ0) is 51.1. The lowest BCUT2D eigenvalue weighted by Crippen LogP contribution is -2.19. The van der Waals surface area contributed by atoms with Gasteiger partial charge < -0.3 is 40.4 Å². The van der Waals surface area contributed by atoms with Crippen LogP contribution in [0.1, 0.15) is 0 Å². The van der Waals surface area contributed by atoms with E-state index in [0.717, 1.165) is 41.8 Å². The molecule has 5 aromatic rings. The lowest BCUT2D eigenvalue weighted by atomic mass is 10.1. The van der Waals surface area contributed by atoms with Crippen molar-refractivity contribution in [1.82, 2.24) is 15.0 Å². The molecule has 0 aliphatic heterocycles. The number of benzene rings is 4. The molecule has 0 bridgehead atoms. The number of phenolic OH excluding ortho intramolecular Hbond substituents is 2. The summed E-state index contributed by atoms with van der Waals surface area (Å²) in [6.45, 7) is 2.37. The molecule has 0 fully saturated rings. The molecule has 29 nitrogen and oxygen atoms in total. The molecule has 0 aliphatic rings. The Kier molecular flexibility index (Phi) is 16.4. The molecule has 0 saturated carbocycles. The highest BCUT2D eigenvalue weighted by Gasteiger charge is 2.29. The molecule has 34 heteroatoms. The highest BCUT2D eigenvalue weighted by atomic mass is 32.2. The number of nitrogens with zero attached hydrogens (tertiary/aromatic N) is 7. The summed E-state index contributed by atoms with van der Waals surface area (Å²) in [5.74, 6) is -4.06. The summed E-state index contributed by atoms with van der Waals surface area (Å²) in [5, 5.41) is 44.5. The molecule has 4 aromatic carbocycles. The average molecular weight is 1060 g/mol. The lowest BCUT2D eigenvalue weighted by Gasteiger charge is -2.16. The fourth-order valence-corrected chi connectivity index (χ4v) is 8.50. The van der Waals surface area contributed by atoms with Gasteiger partial charge in [0.05, 0.1) is 49.5 Å². The van der Waals surface area contributed by atoms with Crippen molar-refractivity contribution < 1.29 is 84.7 Å². The standard InChI is InChI=1S/C35H38N10O19S5/c1-4-65(48,49)14-12-64-11-9-36-33-39-34(37-10-13-66(50,51)52)41-35(40-33)38-22-7-6-20-21(32(22)69(59,60)61)16-29(68(56,57)58)30(31(20)47)45-43-24-18-28(63-3)27(62-2)17-23(24)42-44-25-15-19(67(53,54)55)5-8-26(25)46/h4-8,15-18,46-47H,1,9-14H2,2-3H3,(H,50,51,52)(H,53,54,55)(H,56,57,58)(H,59,60,61)(H3,36,37,38,39,40,41). The Bertz CT molecular complexity index is 3450. The van der Waals surface area contributed by atoms with E-state index >= 15 is 0 Å². The van der Waals surface area contributed by atoms with E-state index in [0.29, 0.717) is 6.07 Å². The predicted octanol–water partition coefficient (Wildman–Crippen LogP) is 4.05. The molecule has 0 spiro atoms.